The molecule has 0 amide bonds. The van der Waals surface area contributed by atoms with Gasteiger partial charge in [-0.2, -0.15) is 0 Å². The van der Waals surface area contributed by atoms with Crippen LogP contribution in [0, 0.1) is 6.92 Å². The van der Waals surface area contributed by atoms with Crippen LogP contribution in [-0.4, -0.2) is 21.2 Å². The molecule has 0 aliphatic rings. The molecule has 0 spiro atoms. The lowest BCUT2D eigenvalue weighted by molar-refractivity contribution is 0.876. The third-order valence-corrected chi connectivity index (χ3v) is 5.34. The zero-order chi connectivity index (χ0) is 20.2. The second-order valence-electron chi connectivity index (χ2n) is 6.89. The number of rotatable bonds is 6. The Morgan fingerprint density at radius 2 is 1.76 bits per heavy atom. The van der Waals surface area contributed by atoms with Crippen molar-refractivity contribution in [3.05, 3.63) is 78.4 Å². The molecule has 2 N–H and O–H groups in total. The highest BCUT2D eigenvalue weighted by Crippen LogP contribution is 2.30. The van der Waals surface area contributed by atoms with E-state index in [4.69, 9.17) is 0 Å². The van der Waals surface area contributed by atoms with Crippen LogP contribution in [0.2, 0.25) is 0 Å². The first-order valence-electron chi connectivity index (χ1n) is 9.48. The van der Waals surface area contributed by atoms with Gasteiger partial charge >= 0.3 is 0 Å². The molecule has 1 atom stereocenters. The zero-order valence-corrected chi connectivity index (χ0v) is 17.5. The van der Waals surface area contributed by atoms with Crippen molar-refractivity contribution in [3.8, 4) is 11.1 Å². The van der Waals surface area contributed by atoms with Crippen LogP contribution in [0.4, 0.5) is 11.5 Å². The molecule has 29 heavy (non-hydrogen) atoms. The molecule has 0 aliphatic carbocycles. The standard InChI is InChI=1S/C23H23N5S/c1-15(17-7-5-4-6-8-17)27-23-20-11-18(9-10-21(20)25-14-26-23)19-12-22(28-29-3)16(2)24-13-19/h4-15,28H,1-3H3,(H,25,26,27). The summed E-state index contributed by atoms with van der Waals surface area (Å²) >= 11 is 1.56. The number of fused-ring (bicyclic) bond motifs is 1. The van der Waals surface area contributed by atoms with E-state index >= 15 is 0 Å². The fraction of sp³-hybridized carbons (Fsp3) is 0.174. The quantitative estimate of drug-likeness (QED) is 0.394. The Balaban J connectivity index is 1.72. The smallest absolute Gasteiger partial charge is 0.137 e. The molecule has 4 aromatic rings. The Bertz CT molecular complexity index is 1130. The minimum atomic E-state index is 0.136. The van der Waals surface area contributed by atoms with Crippen LogP contribution in [0.15, 0.2) is 67.1 Å². The van der Waals surface area contributed by atoms with Crippen molar-refractivity contribution in [3.63, 3.8) is 0 Å². The van der Waals surface area contributed by atoms with Gasteiger partial charge in [0.1, 0.15) is 12.1 Å². The van der Waals surface area contributed by atoms with E-state index in [0.29, 0.717) is 0 Å². The Hall–Kier alpha value is -3.12. The van der Waals surface area contributed by atoms with Crippen LogP contribution in [0.5, 0.6) is 0 Å². The maximum Gasteiger partial charge on any atom is 0.137 e. The van der Waals surface area contributed by atoms with Crippen LogP contribution in [0.3, 0.4) is 0 Å². The largest absolute Gasteiger partial charge is 0.363 e. The molecule has 2 aromatic carbocycles. The number of hydrogen-bond acceptors (Lipinski definition) is 6. The van der Waals surface area contributed by atoms with E-state index < -0.39 is 0 Å². The van der Waals surface area contributed by atoms with E-state index in [1.165, 1.54) is 5.56 Å². The van der Waals surface area contributed by atoms with Gasteiger partial charge in [-0.1, -0.05) is 48.3 Å². The molecule has 0 bridgehead atoms. The summed E-state index contributed by atoms with van der Waals surface area (Å²) in [7, 11) is 0. The van der Waals surface area contributed by atoms with Gasteiger partial charge in [-0.3, -0.25) is 4.98 Å². The van der Waals surface area contributed by atoms with E-state index in [1.54, 1.807) is 18.3 Å². The summed E-state index contributed by atoms with van der Waals surface area (Å²) in [6.45, 7) is 4.14. The molecule has 0 saturated carbocycles. The molecule has 1 unspecified atom stereocenters. The topological polar surface area (TPSA) is 62.7 Å². The number of hydrogen-bond donors (Lipinski definition) is 2. The van der Waals surface area contributed by atoms with Gasteiger partial charge in [0.15, 0.2) is 0 Å². The summed E-state index contributed by atoms with van der Waals surface area (Å²) in [6.07, 6.45) is 5.52. The molecule has 0 saturated heterocycles. The lowest BCUT2D eigenvalue weighted by atomic mass is 10.0. The summed E-state index contributed by atoms with van der Waals surface area (Å²) < 4.78 is 3.30. The number of benzene rings is 2. The zero-order valence-electron chi connectivity index (χ0n) is 16.7. The molecule has 0 radical (unpaired) electrons. The van der Waals surface area contributed by atoms with Gasteiger partial charge in [-0.15, -0.1) is 0 Å². The second-order valence-corrected chi connectivity index (χ2v) is 7.51. The molecular formula is C23H23N5S. The highest BCUT2D eigenvalue weighted by Gasteiger charge is 2.11. The van der Waals surface area contributed by atoms with Crippen molar-refractivity contribution in [2.75, 3.05) is 16.3 Å². The number of aromatic nitrogens is 3. The van der Waals surface area contributed by atoms with E-state index in [-0.39, 0.29) is 6.04 Å². The first-order valence-corrected chi connectivity index (χ1v) is 10.7. The number of aryl methyl sites for hydroxylation is 1. The predicted octanol–water partition coefficient (Wildman–Crippen LogP) is 5.86. The molecule has 5 nitrogen and oxygen atoms in total. The number of pyridine rings is 1. The SMILES string of the molecule is CSNc1cc(-c2ccc3ncnc(NC(C)c4ccccc4)c3c2)cnc1C. The number of nitrogens with zero attached hydrogens (tertiary/aromatic N) is 3. The van der Waals surface area contributed by atoms with Gasteiger partial charge < -0.3 is 10.0 Å². The minimum Gasteiger partial charge on any atom is -0.363 e. The van der Waals surface area contributed by atoms with Crippen LogP contribution in [0.1, 0.15) is 24.2 Å². The average Bonchev–Trinajstić information content (AvgIpc) is 2.76. The van der Waals surface area contributed by atoms with Gasteiger partial charge in [0.2, 0.25) is 0 Å². The lowest BCUT2D eigenvalue weighted by Gasteiger charge is -2.16. The van der Waals surface area contributed by atoms with Crippen LogP contribution >= 0.6 is 11.9 Å². The van der Waals surface area contributed by atoms with Crippen molar-refractivity contribution in [1.82, 2.24) is 15.0 Å². The molecular weight excluding hydrogens is 378 g/mol. The summed E-state index contributed by atoms with van der Waals surface area (Å²) in [5, 5.41) is 4.53. The van der Waals surface area contributed by atoms with E-state index in [0.717, 1.165) is 39.2 Å². The van der Waals surface area contributed by atoms with Crippen molar-refractivity contribution in [2.24, 2.45) is 0 Å². The Labute approximate surface area is 175 Å². The van der Waals surface area contributed by atoms with Crippen molar-refractivity contribution in [2.45, 2.75) is 19.9 Å². The molecule has 6 heteroatoms. The molecule has 2 aromatic heterocycles. The predicted molar refractivity (Wildman–Crippen MR) is 123 cm³/mol. The van der Waals surface area contributed by atoms with Crippen molar-refractivity contribution < 1.29 is 0 Å². The van der Waals surface area contributed by atoms with Crippen molar-refractivity contribution in [1.29, 1.82) is 0 Å². The maximum atomic E-state index is 4.54. The first-order chi connectivity index (χ1) is 14.2. The minimum absolute atomic E-state index is 0.136. The third-order valence-electron chi connectivity index (χ3n) is 4.92. The van der Waals surface area contributed by atoms with Gasteiger partial charge in [0, 0.05) is 29.4 Å². The molecule has 0 aliphatic heterocycles. The Morgan fingerprint density at radius 1 is 0.931 bits per heavy atom. The number of anilines is 2. The van der Waals surface area contributed by atoms with Gasteiger partial charge in [-0.25, -0.2) is 9.97 Å². The van der Waals surface area contributed by atoms with Gasteiger partial charge in [0.25, 0.3) is 0 Å². The monoisotopic (exact) mass is 401 g/mol. The van der Waals surface area contributed by atoms with Gasteiger partial charge in [0.05, 0.1) is 16.9 Å². The highest BCUT2D eigenvalue weighted by atomic mass is 32.2. The molecule has 146 valence electrons. The van der Waals surface area contributed by atoms with Crippen molar-refractivity contribution >= 4 is 34.4 Å². The average molecular weight is 402 g/mol. The molecule has 2 heterocycles. The normalized spacial score (nSPS) is 12.0. The summed E-state index contributed by atoms with van der Waals surface area (Å²) in [5.74, 6) is 0.829. The van der Waals surface area contributed by atoms with Crippen LogP contribution < -0.4 is 10.0 Å². The molecule has 4 rings (SSSR count). The maximum absolute atomic E-state index is 4.54. The van der Waals surface area contributed by atoms with Crippen LogP contribution in [0.25, 0.3) is 22.0 Å². The van der Waals surface area contributed by atoms with Crippen LogP contribution in [-0.2, 0) is 0 Å². The van der Waals surface area contributed by atoms with E-state index in [2.05, 4.69) is 62.2 Å². The highest BCUT2D eigenvalue weighted by molar-refractivity contribution is 7.99. The summed E-state index contributed by atoms with van der Waals surface area (Å²) in [5.41, 5.74) is 6.26. The Morgan fingerprint density at radius 3 is 2.55 bits per heavy atom. The van der Waals surface area contributed by atoms with E-state index in [1.807, 2.05) is 43.6 Å². The number of nitrogens with one attached hydrogen (secondary N) is 2. The fourth-order valence-electron chi connectivity index (χ4n) is 3.29. The fourth-order valence-corrected chi connectivity index (χ4v) is 3.71. The molecule has 0 fully saturated rings. The second kappa shape index (κ2) is 8.49. The first kappa shape index (κ1) is 19.2. The third kappa shape index (κ3) is 4.17. The Kier molecular flexibility index (Phi) is 5.62. The lowest BCUT2D eigenvalue weighted by Crippen LogP contribution is -2.08. The van der Waals surface area contributed by atoms with Gasteiger partial charge in [-0.05, 0) is 43.2 Å². The summed E-state index contributed by atoms with van der Waals surface area (Å²) in [6, 6.07) is 18.9. The summed E-state index contributed by atoms with van der Waals surface area (Å²) in [4.78, 5) is 13.5. The van der Waals surface area contributed by atoms with E-state index in [9.17, 15) is 0 Å².